The largest absolute Gasteiger partial charge is 0.329 e. The number of hydrogen-bond donors (Lipinski definition) is 2. The van der Waals surface area contributed by atoms with Crippen LogP contribution < -0.4 is 11.1 Å². The number of hydrogen-bond acceptors (Lipinski definition) is 2. The third kappa shape index (κ3) is 2.88. The van der Waals surface area contributed by atoms with Gasteiger partial charge in [-0.25, -0.2) is 0 Å². The van der Waals surface area contributed by atoms with Gasteiger partial charge >= 0.3 is 0 Å². The van der Waals surface area contributed by atoms with E-state index in [1.807, 2.05) is 0 Å². The van der Waals surface area contributed by atoms with Crippen molar-refractivity contribution >= 4 is 34.8 Å². The normalized spacial score (nSPS) is 11.3. The zero-order chi connectivity index (χ0) is 12.3. The first kappa shape index (κ1) is 13.3. The zero-order valence-corrected chi connectivity index (χ0v) is 10.7. The highest BCUT2D eigenvalue weighted by molar-refractivity contribution is 6.39. The van der Waals surface area contributed by atoms with E-state index in [2.05, 4.69) is 5.32 Å². The summed E-state index contributed by atoms with van der Waals surface area (Å²) in [5.41, 5.74) is 5.29. The van der Waals surface area contributed by atoms with E-state index < -0.39 is 5.41 Å². The molecule has 1 amide bonds. The number of nitrogens with one attached hydrogen (secondary N) is 1. The molecular formula is C11H14Cl2N2O. The van der Waals surface area contributed by atoms with E-state index in [1.54, 1.807) is 32.0 Å². The van der Waals surface area contributed by atoms with Crippen LogP contribution in [0.4, 0.5) is 5.69 Å². The molecule has 16 heavy (non-hydrogen) atoms. The molecule has 1 rings (SSSR count). The van der Waals surface area contributed by atoms with E-state index in [0.717, 1.165) is 0 Å². The van der Waals surface area contributed by atoms with E-state index in [-0.39, 0.29) is 12.5 Å². The number of halogens is 2. The van der Waals surface area contributed by atoms with Crippen molar-refractivity contribution in [1.29, 1.82) is 0 Å². The van der Waals surface area contributed by atoms with Gasteiger partial charge in [-0.05, 0) is 26.0 Å². The van der Waals surface area contributed by atoms with Crippen molar-refractivity contribution in [3.63, 3.8) is 0 Å². The standard InChI is InChI=1S/C11H14Cl2N2O/c1-11(2,6-14)10(16)15-9-7(12)4-3-5-8(9)13/h3-5H,6,14H2,1-2H3,(H,15,16). The Bertz CT molecular complexity index is 385. The third-order valence-electron chi connectivity index (χ3n) is 2.33. The second-order valence-corrected chi connectivity index (χ2v) is 4.95. The van der Waals surface area contributed by atoms with Gasteiger partial charge in [-0.2, -0.15) is 0 Å². The lowest BCUT2D eigenvalue weighted by atomic mass is 9.92. The van der Waals surface area contributed by atoms with Gasteiger partial charge in [-0.15, -0.1) is 0 Å². The number of amides is 1. The minimum atomic E-state index is -0.650. The van der Waals surface area contributed by atoms with Crippen LogP contribution in [0.2, 0.25) is 10.0 Å². The fraction of sp³-hybridized carbons (Fsp3) is 0.364. The molecule has 3 N–H and O–H groups in total. The third-order valence-corrected chi connectivity index (χ3v) is 2.96. The summed E-state index contributed by atoms with van der Waals surface area (Å²) < 4.78 is 0. The van der Waals surface area contributed by atoms with Crippen LogP contribution in [0.15, 0.2) is 18.2 Å². The fourth-order valence-electron chi connectivity index (χ4n) is 0.993. The van der Waals surface area contributed by atoms with Crippen molar-refractivity contribution in [1.82, 2.24) is 0 Å². The van der Waals surface area contributed by atoms with E-state index in [4.69, 9.17) is 28.9 Å². The van der Waals surface area contributed by atoms with Gasteiger partial charge in [0.2, 0.25) is 5.91 Å². The molecule has 0 spiro atoms. The maximum atomic E-state index is 11.9. The van der Waals surface area contributed by atoms with Crippen LogP contribution in [0.1, 0.15) is 13.8 Å². The SMILES string of the molecule is CC(C)(CN)C(=O)Nc1c(Cl)cccc1Cl. The van der Waals surface area contributed by atoms with E-state index >= 15 is 0 Å². The summed E-state index contributed by atoms with van der Waals surface area (Å²) in [5.74, 6) is -0.204. The molecule has 5 heteroatoms. The highest BCUT2D eigenvalue weighted by Crippen LogP contribution is 2.31. The Hall–Kier alpha value is -0.770. The van der Waals surface area contributed by atoms with Crippen LogP contribution in [0.25, 0.3) is 0 Å². The Kier molecular flexibility index (Phi) is 4.19. The second-order valence-electron chi connectivity index (χ2n) is 4.14. The molecule has 0 saturated carbocycles. The van der Waals surface area contributed by atoms with Gasteiger partial charge < -0.3 is 11.1 Å². The summed E-state index contributed by atoms with van der Waals surface area (Å²) in [4.78, 5) is 11.9. The quantitative estimate of drug-likeness (QED) is 0.878. The topological polar surface area (TPSA) is 55.1 Å². The number of carbonyl (C=O) groups is 1. The molecule has 88 valence electrons. The minimum absolute atomic E-state index is 0.204. The number of carbonyl (C=O) groups excluding carboxylic acids is 1. The number of para-hydroxylation sites is 1. The summed E-state index contributed by atoms with van der Waals surface area (Å²) >= 11 is 11.9. The molecule has 0 aliphatic rings. The number of rotatable bonds is 3. The minimum Gasteiger partial charge on any atom is -0.329 e. The Morgan fingerprint density at radius 2 is 1.88 bits per heavy atom. The molecule has 0 bridgehead atoms. The highest BCUT2D eigenvalue weighted by Gasteiger charge is 2.26. The molecule has 1 aromatic rings. The molecule has 0 aliphatic heterocycles. The number of benzene rings is 1. The average molecular weight is 261 g/mol. The zero-order valence-electron chi connectivity index (χ0n) is 9.18. The first-order valence-corrected chi connectivity index (χ1v) is 5.59. The predicted molar refractivity (Wildman–Crippen MR) is 67.9 cm³/mol. The molecule has 0 fully saturated rings. The van der Waals surface area contributed by atoms with E-state index in [9.17, 15) is 4.79 Å². The molecule has 0 radical (unpaired) electrons. The van der Waals surface area contributed by atoms with Crippen LogP contribution in [0.5, 0.6) is 0 Å². The highest BCUT2D eigenvalue weighted by atomic mass is 35.5. The van der Waals surface area contributed by atoms with Gasteiger partial charge in [-0.1, -0.05) is 29.3 Å². The van der Waals surface area contributed by atoms with Gasteiger partial charge in [0, 0.05) is 6.54 Å². The van der Waals surface area contributed by atoms with Gasteiger partial charge in [0.1, 0.15) is 0 Å². The van der Waals surface area contributed by atoms with Gasteiger partial charge in [0.25, 0.3) is 0 Å². The fourth-order valence-corrected chi connectivity index (χ4v) is 1.48. The smallest absolute Gasteiger partial charge is 0.231 e. The lowest BCUT2D eigenvalue weighted by Crippen LogP contribution is -2.37. The lowest BCUT2D eigenvalue weighted by Gasteiger charge is -2.22. The van der Waals surface area contributed by atoms with Crippen molar-refractivity contribution in [2.75, 3.05) is 11.9 Å². The van der Waals surface area contributed by atoms with Gasteiger partial charge in [0.15, 0.2) is 0 Å². The molecule has 0 saturated heterocycles. The predicted octanol–water partition coefficient (Wildman–Crippen LogP) is 2.92. The molecule has 3 nitrogen and oxygen atoms in total. The molecule has 0 aromatic heterocycles. The Balaban J connectivity index is 2.94. The molecule has 0 heterocycles. The van der Waals surface area contributed by atoms with Crippen LogP contribution in [0.3, 0.4) is 0 Å². The second kappa shape index (κ2) is 5.04. The van der Waals surface area contributed by atoms with Crippen LogP contribution in [-0.4, -0.2) is 12.5 Å². The maximum absolute atomic E-state index is 11.9. The number of nitrogens with two attached hydrogens (primary N) is 1. The Morgan fingerprint density at radius 1 is 1.38 bits per heavy atom. The average Bonchev–Trinajstić information content (AvgIpc) is 2.23. The van der Waals surface area contributed by atoms with Crippen LogP contribution in [-0.2, 0) is 4.79 Å². The van der Waals surface area contributed by atoms with Crippen molar-refractivity contribution < 1.29 is 4.79 Å². The van der Waals surface area contributed by atoms with Gasteiger partial charge in [0.05, 0.1) is 21.1 Å². The first-order chi connectivity index (χ1) is 7.38. The molecule has 0 atom stereocenters. The molecular weight excluding hydrogens is 247 g/mol. The summed E-state index contributed by atoms with van der Waals surface area (Å²) in [5, 5.41) is 3.51. The van der Waals surface area contributed by atoms with Crippen molar-refractivity contribution in [2.45, 2.75) is 13.8 Å². The van der Waals surface area contributed by atoms with Crippen molar-refractivity contribution in [3.05, 3.63) is 28.2 Å². The number of anilines is 1. The first-order valence-electron chi connectivity index (χ1n) is 4.84. The van der Waals surface area contributed by atoms with Crippen LogP contribution in [0, 0.1) is 5.41 Å². The van der Waals surface area contributed by atoms with E-state index in [0.29, 0.717) is 15.7 Å². The van der Waals surface area contributed by atoms with Gasteiger partial charge in [-0.3, -0.25) is 4.79 Å². The summed E-state index contributed by atoms with van der Waals surface area (Å²) in [6.07, 6.45) is 0. The molecule has 0 aliphatic carbocycles. The molecule has 1 aromatic carbocycles. The maximum Gasteiger partial charge on any atom is 0.231 e. The van der Waals surface area contributed by atoms with Crippen molar-refractivity contribution in [2.24, 2.45) is 11.1 Å². The van der Waals surface area contributed by atoms with Crippen LogP contribution >= 0.6 is 23.2 Å². The molecule has 0 unspecified atom stereocenters. The summed E-state index contributed by atoms with van der Waals surface area (Å²) in [6.45, 7) is 3.76. The summed E-state index contributed by atoms with van der Waals surface area (Å²) in [7, 11) is 0. The van der Waals surface area contributed by atoms with E-state index in [1.165, 1.54) is 0 Å². The van der Waals surface area contributed by atoms with Crippen molar-refractivity contribution in [3.8, 4) is 0 Å². The Labute approximate surface area is 105 Å². The lowest BCUT2D eigenvalue weighted by molar-refractivity contribution is -0.123. The summed E-state index contributed by atoms with van der Waals surface area (Å²) in [6, 6.07) is 5.05. The monoisotopic (exact) mass is 260 g/mol. The Morgan fingerprint density at radius 3 is 2.31 bits per heavy atom.